The summed E-state index contributed by atoms with van der Waals surface area (Å²) in [5.74, 6) is -0.678. The topological polar surface area (TPSA) is 34.1 Å². The lowest BCUT2D eigenvalue weighted by atomic mass is 10.3. The number of carbonyl (C=O) groups excluding carboxylic acids is 2. The van der Waals surface area contributed by atoms with Crippen LogP contribution in [0.1, 0.15) is 6.42 Å². The van der Waals surface area contributed by atoms with Gasteiger partial charge in [0.1, 0.15) is 0 Å². The van der Waals surface area contributed by atoms with Crippen molar-refractivity contribution in [3.05, 3.63) is 0 Å². The molecule has 0 aliphatic rings. The zero-order valence-electron chi connectivity index (χ0n) is 3.69. The third-order valence-corrected chi connectivity index (χ3v) is 0.472. The van der Waals surface area contributed by atoms with Crippen LogP contribution in [0.3, 0.4) is 0 Å². The van der Waals surface area contributed by atoms with Crippen molar-refractivity contribution in [3.63, 3.8) is 0 Å². The molecule has 0 aromatic rings. The Bertz CT molecular complexity index is 79.8. The normalized spacial score (nSPS) is 8.14. The fourth-order valence-corrected chi connectivity index (χ4v) is 0.152. The van der Waals surface area contributed by atoms with Crippen molar-refractivity contribution in [1.29, 1.82) is 0 Å². The third kappa shape index (κ3) is 3.09. The number of halogens is 1. The Balaban J connectivity index is 3.17. The molecule has 0 saturated heterocycles. The molecule has 0 aromatic carbocycles. The Morgan fingerprint density at radius 3 is 2.43 bits per heavy atom. The van der Waals surface area contributed by atoms with Crippen molar-refractivity contribution in [2.45, 2.75) is 6.42 Å². The quantitative estimate of drug-likeness (QED) is 0.376. The molecule has 0 radical (unpaired) electrons. The number of hydrogen-bond donors (Lipinski definition) is 0. The van der Waals surface area contributed by atoms with Gasteiger partial charge in [-0.05, 0) is 0 Å². The molecule has 0 aliphatic heterocycles. The number of rotatable bonds is 3. The van der Waals surface area contributed by atoms with E-state index in [4.69, 9.17) is 0 Å². The Labute approximate surface area is 40.3 Å². The summed E-state index contributed by atoms with van der Waals surface area (Å²) in [6, 6.07) is 0. The van der Waals surface area contributed by atoms with Crippen molar-refractivity contribution in [3.8, 4) is 0 Å². The Morgan fingerprint density at radius 1 is 1.71 bits per heavy atom. The maximum absolute atomic E-state index is 11.1. The molecule has 0 amide bonds. The molecular formula is C4H5FO2. The molecule has 0 saturated carbocycles. The van der Waals surface area contributed by atoms with E-state index in [9.17, 15) is 14.0 Å². The van der Waals surface area contributed by atoms with Gasteiger partial charge in [0.25, 0.3) is 0 Å². The Kier molecular flexibility index (Phi) is 3.10. The van der Waals surface area contributed by atoms with Crippen LogP contribution in [0.4, 0.5) is 4.39 Å². The van der Waals surface area contributed by atoms with Crippen LogP contribution in [-0.2, 0) is 9.59 Å². The second-order valence-corrected chi connectivity index (χ2v) is 1.02. The highest BCUT2D eigenvalue weighted by Gasteiger charge is 1.94. The molecule has 0 N–H and O–H groups in total. The standard InChI is InChI=1S/C4H5FO2/c5-2-1-4(7)3-6/h3H,1-2H2. The van der Waals surface area contributed by atoms with E-state index in [-0.39, 0.29) is 12.7 Å². The van der Waals surface area contributed by atoms with E-state index < -0.39 is 12.5 Å². The van der Waals surface area contributed by atoms with Gasteiger partial charge in [-0.25, -0.2) is 0 Å². The van der Waals surface area contributed by atoms with Crippen molar-refractivity contribution >= 4 is 12.1 Å². The van der Waals surface area contributed by atoms with Crippen molar-refractivity contribution in [2.24, 2.45) is 0 Å². The summed E-state index contributed by atoms with van der Waals surface area (Å²) < 4.78 is 11.1. The number of hydrogen-bond acceptors (Lipinski definition) is 2. The van der Waals surface area contributed by atoms with E-state index in [1.54, 1.807) is 0 Å². The van der Waals surface area contributed by atoms with Gasteiger partial charge in [0, 0.05) is 6.42 Å². The van der Waals surface area contributed by atoms with Crippen LogP contribution in [-0.4, -0.2) is 18.7 Å². The molecule has 0 spiro atoms. The van der Waals surface area contributed by atoms with Crippen LogP contribution < -0.4 is 0 Å². The number of ketones is 1. The van der Waals surface area contributed by atoms with Crippen LogP contribution in [0, 0.1) is 0 Å². The molecule has 0 fully saturated rings. The highest BCUT2D eigenvalue weighted by molar-refractivity contribution is 6.24. The van der Waals surface area contributed by atoms with Crippen LogP contribution >= 0.6 is 0 Å². The highest BCUT2D eigenvalue weighted by Crippen LogP contribution is 1.77. The average Bonchev–Trinajstić information content (AvgIpc) is 1.68. The van der Waals surface area contributed by atoms with Crippen molar-refractivity contribution in [1.82, 2.24) is 0 Å². The lowest BCUT2D eigenvalue weighted by Crippen LogP contribution is -1.98. The second-order valence-electron chi connectivity index (χ2n) is 1.02. The number of Topliss-reactive ketones (excluding diaryl/α,β-unsaturated/α-hetero) is 1. The molecule has 3 heteroatoms. The maximum Gasteiger partial charge on any atom is 0.197 e. The molecule has 7 heavy (non-hydrogen) atoms. The number of aldehydes is 1. The highest BCUT2D eigenvalue weighted by atomic mass is 19.1. The van der Waals surface area contributed by atoms with Gasteiger partial charge in [-0.15, -0.1) is 0 Å². The summed E-state index contributed by atoms with van der Waals surface area (Å²) in [6.07, 6.45) is -0.150. The molecule has 0 atom stereocenters. The average molecular weight is 104 g/mol. The minimum atomic E-state index is -0.739. The first-order valence-corrected chi connectivity index (χ1v) is 1.85. The van der Waals surface area contributed by atoms with Crippen LogP contribution in [0.15, 0.2) is 0 Å². The summed E-state index contributed by atoms with van der Waals surface area (Å²) in [6.45, 7) is -0.739. The zero-order chi connectivity index (χ0) is 5.70. The largest absolute Gasteiger partial charge is 0.295 e. The fourth-order valence-electron chi connectivity index (χ4n) is 0.152. The molecule has 0 aromatic heterocycles. The van der Waals surface area contributed by atoms with Crippen LogP contribution in [0.5, 0.6) is 0 Å². The fraction of sp³-hybridized carbons (Fsp3) is 0.500. The smallest absolute Gasteiger partial charge is 0.197 e. The lowest BCUT2D eigenvalue weighted by molar-refractivity contribution is -0.130. The van der Waals surface area contributed by atoms with E-state index >= 15 is 0 Å². The molecule has 2 nitrogen and oxygen atoms in total. The van der Waals surface area contributed by atoms with Gasteiger partial charge < -0.3 is 0 Å². The molecule has 0 aliphatic carbocycles. The van der Waals surface area contributed by atoms with E-state index in [0.717, 1.165) is 0 Å². The SMILES string of the molecule is O=CC(=O)CCF. The van der Waals surface area contributed by atoms with Gasteiger partial charge in [0.2, 0.25) is 0 Å². The van der Waals surface area contributed by atoms with Gasteiger partial charge in [-0.2, -0.15) is 0 Å². The van der Waals surface area contributed by atoms with E-state index in [0.29, 0.717) is 0 Å². The molecule has 0 rings (SSSR count). The first kappa shape index (κ1) is 6.27. The lowest BCUT2D eigenvalue weighted by Gasteiger charge is -1.77. The Hall–Kier alpha value is -0.730. The number of carbonyl (C=O) groups is 2. The van der Waals surface area contributed by atoms with Crippen molar-refractivity contribution in [2.75, 3.05) is 6.67 Å². The molecule has 0 bridgehead atoms. The predicted octanol–water partition coefficient (Wildman–Crippen LogP) is 0.114. The van der Waals surface area contributed by atoms with Gasteiger partial charge >= 0.3 is 0 Å². The first-order valence-electron chi connectivity index (χ1n) is 1.85. The maximum atomic E-state index is 11.1. The number of alkyl halides is 1. The third-order valence-electron chi connectivity index (χ3n) is 0.472. The molecule has 0 unspecified atom stereocenters. The van der Waals surface area contributed by atoms with Crippen LogP contribution in [0.25, 0.3) is 0 Å². The minimum absolute atomic E-state index is 0.125. The summed E-state index contributed by atoms with van der Waals surface area (Å²) in [7, 11) is 0. The van der Waals surface area contributed by atoms with Gasteiger partial charge in [-0.1, -0.05) is 0 Å². The predicted molar refractivity (Wildman–Crippen MR) is 21.7 cm³/mol. The summed E-state index contributed by atoms with van der Waals surface area (Å²) in [5, 5.41) is 0. The molecule has 0 heterocycles. The second kappa shape index (κ2) is 3.46. The van der Waals surface area contributed by atoms with Crippen molar-refractivity contribution < 1.29 is 14.0 Å². The minimum Gasteiger partial charge on any atom is -0.295 e. The summed E-state index contributed by atoms with van der Waals surface area (Å²) >= 11 is 0. The summed E-state index contributed by atoms with van der Waals surface area (Å²) in [4.78, 5) is 19.2. The van der Waals surface area contributed by atoms with Gasteiger partial charge in [-0.3, -0.25) is 14.0 Å². The molecule has 40 valence electrons. The van der Waals surface area contributed by atoms with Gasteiger partial charge in [0.05, 0.1) is 6.67 Å². The zero-order valence-corrected chi connectivity index (χ0v) is 3.69. The van der Waals surface area contributed by atoms with E-state index in [1.165, 1.54) is 0 Å². The van der Waals surface area contributed by atoms with E-state index in [2.05, 4.69) is 0 Å². The summed E-state index contributed by atoms with van der Waals surface area (Å²) in [5.41, 5.74) is 0. The van der Waals surface area contributed by atoms with Crippen LogP contribution in [0.2, 0.25) is 0 Å². The monoisotopic (exact) mass is 104 g/mol. The van der Waals surface area contributed by atoms with Gasteiger partial charge in [0.15, 0.2) is 12.1 Å². The van der Waals surface area contributed by atoms with E-state index in [1.807, 2.05) is 0 Å². The molecular weight excluding hydrogens is 99.0 g/mol. The Morgan fingerprint density at radius 2 is 2.29 bits per heavy atom. The first-order chi connectivity index (χ1) is 3.31.